The van der Waals surface area contributed by atoms with E-state index in [1.807, 2.05) is 12.1 Å². The Hall–Kier alpha value is -2.36. The van der Waals surface area contributed by atoms with E-state index >= 15 is 0 Å². The minimum absolute atomic E-state index is 0.274. The number of benzene rings is 2. The Morgan fingerprint density at radius 3 is 2.35 bits per heavy atom. The molecule has 0 aliphatic rings. The van der Waals surface area contributed by atoms with E-state index in [1.165, 1.54) is 18.2 Å². The van der Waals surface area contributed by atoms with Gasteiger partial charge in [0.2, 0.25) is 0 Å². The highest BCUT2D eigenvalue weighted by Gasteiger charge is 2.08. The first-order valence-electron chi connectivity index (χ1n) is 6.43. The fourth-order valence-electron chi connectivity index (χ4n) is 1.91. The van der Waals surface area contributed by atoms with Crippen LogP contribution in [0.4, 0.5) is 15.8 Å². The lowest BCUT2D eigenvalue weighted by atomic mass is 10.0. The molecule has 0 saturated heterocycles. The van der Waals surface area contributed by atoms with Gasteiger partial charge in [-0.3, -0.25) is 4.79 Å². The van der Waals surface area contributed by atoms with Crippen molar-refractivity contribution in [1.82, 2.24) is 0 Å². The van der Waals surface area contributed by atoms with E-state index in [4.69, 9.17) is 5.73 Å². The molecule has 2 aromatic rings. The van der Waals surface area contributed by atoms with E-state index in [0.29, 0.717) is 17.2 Å². The summed E-state index contributed by atoms with van der Waals surface area (Å²) in [5.41, 5.74) is 7.85. The lowest BCUT2D eigenvalue weighted by Gasteiger charge is -2.08. The highest BCUT2D eigenvalue weighted by molar-refractivity contribution is 6.04. The van der Waals surface area contributed by atoms with Crippen LogP contribution >= 0.6 is 0 Å². The third-order valence-electron chi connectivity index (χ3n) is 3.02. The van der Waals surface area contributed by atoms with E-state index in [0.717, 1.165) is 5.56 Å². The number of carbonyl (C=O) groups excluding carboxylic acids is 1. The van der Waals surface area contributed by atoms with Gasteiger partial charge in [0.05, 0.1) is 0 Å². The summed E-state index contributed by atoms with van der Waals surface area (Å²) in [6.45, 7) is 4.18. The van der Waals surface area contributed by atoms with Crippen LogP contribution in [0.2, 0.25) is 0 Å². The topological polar surface area (TPSA) is 55.1 Å². The van der Waals surface area contributed by atoms with Crippen molar-refractivity contribution in [3.63, 3.8) is 0 Å². The van der Waals surface area contributed by atoms with Gasteiger partial charge >= 0.3 is 0 Å². The molecule has 0 fully saturated rings. The normalized spacial score (nSPS) is 10.6. The smallest absolute Gasteiger partial charge is 0.255 e. The number of hydrogen-bond donors (Lipinski definition) is 2. The molecule has 0 aliphatic carbocycles. The minimum atomic E-state index is -0.476. The van der Waals surface area contributed by atoms with Gasteiger partial charge in [0.1, 0.15) is 5.82 Å². The number of nitrogen functional groups attached to an aromatic ring is 1. The zero-order valence-electron chi connectivity index (χ0n) is 11.5. The molecule has 3 N–H and O–H groups in total. The molecule has 1 amide bonds. The van der Waals surface area contributed by atoms with Crippen LogP contribution in [-0.4, -0.2) is 5.91 Å². The van der Waals surface area contributed by atoms with E-state index in [-0.39, 0.29) is 11.6 Å². The molecule has 3 nitrogen and oxygen atoms in total. The molecule has 0 radical (unpaired) electrons. The fraction of sp³-hybridized carbons (Fsp3) is 0.188. The number of hydrogen-bond acceptors (Lipinski definition) is 2. The zero-order chi connectivity index (χ0) is 14.7. The van der Waals surface area contributed by atoms with Crippen molar-refractivity contribution >= 4 is 17.3 Å². The molecule has 4 heteroatoms. The summed E-state index contributed by atoms with van der Waals surface area (Å²) >= 11 is 0. The minimum Gasteiger partial charge on any atom is -0.399 e. The number of nitrogens with one attached hydrogen (secondary N) is 1. The molecule has 0 aromatic heterocycles. The van der Waals surface area contributed by atoms with E-state index < -0.39 is 5.82 Å². The van der Waals surface area contributed by atoms with Gasteiger partial charge in [-0.15, -0.1) is 0 Å². The Bertz CT molecular complexity index is 601. The molecule has 0 unspecified atom stereocenters. The first kappa shape index (κ1) is 14.1. The third kappa shape index (κ3) is 3.35. The highest BCUT2D eigenvalue weighted by Crippen LogP contribution is 2.18. The van der Waals surface area contributed by atoms with Gasteiger partial charge < -0.3 is 11.1 Å². The number of rotatable bonds is 3. The molecule has 0 spiro atoms. The first-order valence-corrected chi connectivity index (χ1v) is 6.43. The molecular formula is C16H17FN2O. The second kappa shape index (κ2) is 5.74. The summed E-state index contributed by atoms with van der Waals surface area (Å²) < 4.78 is 13.2. The Morgan fingerprint density at radius 2 is 1.80 bits per heavy atom. The molecule has 0 saturated carbocycles. The molecule has 104 valence electrons. The summed E-state index contributed by atoms with van der Waals surface area (Å²) in [5.74, 6) is -0.351. The summed E-state index contributed by atoms with van der Waals surface area (Å²) in [6.07, 6.45) is 0. The number of nitrogens with two attached hydrogens (primary N) is 1. The third-order valence-corrected chi connectivity index (χ3v) is 3.02. The van der Waals surface area contributed by atoms with Crippen molar-refractivity contribution in [3.05, 3.63) is 59.4 Å². The van der Waals surface area contributed by atoms with Crippen molar-refractivity contribution < 1.29 is 9.18 Å². The standard InChI is InChI=1S/C16H17FN2O/c1-10(2)11-3-5-12(6-4-11)16(20)19-15-8-13(17)7-14(18)9-15/h3-10H,18H2,1-2H3,(H,19,20). The SMILES string of the molecule is CC(C)c1ccc(C(=O)Nc2cc(N)cc(F)c2)cc1. The van der Waals surface area contributed by atoms with Crippen LogP contribution in [0.1, 0.15) is 35.7 Å². The molecule has 0 atom stereocenters. The van der Waals surface area contributed by atoms with Crippen LogP contribution in [0.3, 0.4) is 0 Å². The van der Waals surface area contributed by atoms with Gasteiger partial charge in [-0.2, -0.15) is 0 Å². The van der Waals surface area contributed by atoms with Crippen LogP contribution in [0.5, 0.6) is 0 Å². The van der Waals surface area contributed by atoms with E-state index in [2.05, 4.69) is 19.2 Å². The van der Waals surface area contributed by atoms with Gasteiger partial charge in [0.15, 0.2) is 0 Å². The fourth-order valence-corrected chi connectivity index (χ4v) is 1.91. The number of anilines is 2. The van der Waals surface area contributed by atoms with Crippen LogP contribution in [0.25, 0.3) is 0 Å². The van der Waals surface area contributed by atoms with Gasteiger partial charge in [0.25, 0.3) is 5.91 Å². The lowest BCUT2D eigenvalue weighted by Crippen LogP contribution is -2.12. The van der Waals surface area contributed by atoms with Gasteiger partial charge in [-0.1, -0.05) is 26.0 Å². The number of halogens is 1. The van der Waals surface area contributed by atoms with Crippen molar-refractivity contribution in [3.8, 4) is 0 Å². The molecule has 0 bridgehead atoms. The molecular weight excluding hydrogens is 255 g/mol. The quantitative estimate of drug-likeness (QED) is 0.835. The van der Waals surface area contributed by atoms with Crippen molar-refractivity contribution in [1.29, 1.82) is 0 Å². The Kier molecular flexibility index (Phi) is 4.03. The Balaban J connectivity index is 2.15. The number of carbonyl (C=O) groups is 1. The average Bonchev–Trinajstić information content (AvgIpc) is 2.37. The Labute approximate surface area is 117 Å². The van der Waals surface area contributed by atoms with Gasteiger partial charge in [-0.25, -0.2) is 4.39 Å². The van der Waals surface area contributed by atoms with Crippen molar-refractivity contribution in [2.75, 3.05) is 11.1 Å². The van der Waals surface area contributed by atoms with Gasteiger partial charge in [-0.05, 0) is 41.8 Å². The van der Waals surface area contributed by atoms with Crippen LogP contribution in [0, 0.1) is 5.82 Å². The molecule has 2 rings (SSSR count). The predicted molar refractivity (Wildman–Crippen MR) is 79.3 cm³/mol. The first-order chi connectivity index (χ1) is 9.45. The molecule has 2 aromatic carbocycles. The van der Waals surface area contributed by atoms with Gasteiger partial charge in [0, 0.05) is 16.9 Å². The van der Waals surface area contributed by atoms with Crippen molar-refractivity contribution in [2.45, 2.75) is 19.8 Å². The molecule has 20 heavy (non-hydrogen) atoms. The average molecular weight is 272 g/mol. The lowest BCUT2D eigenvalue weighted by molar-refractivity contribution is 0.102. The van der Waals surface area contributed by atoms with Crippen LogP contribution in [0.15, 0.2) is 42.5 Å². The Morgan fingerprint density at radius 1 is 1.15 bits per heavy atom. The maximum absolute atomic E-state index is 13.2. The van der Waals surface area contributed by atoms with Crippen LogP contribution in [-0.2, 0) is 0 Å². The molecule has 0 heterocycles. The van der Waals surface area contributed by atoms with E-state index in [1.54, 1.807) is 12.1 Å². The second-order valence-corrected chi connectivity index (χ2v) is 5.00. The largest absolute Gasteiger partial charge is 0.399 e. The number of amides is 1. The zero-order valence-corrected chi connectivity index (χ0v) is 11.5. The monoisotopic (exact) mass is 272 g/mol. The highest BCUT2D eigenvalue weighted by atomic mass is 19.1. The summed E-state index contributed by atoms with van der Waals surface area (Å²) in [5, 5.41) is 2.63. The van der Waals surface area contributed by atoms with Crippen LogP contribution < -0.4 is 11.1 Å². The van der Waals surface area contributed by atoms with Crippen molar-refractivity contribution in [2.24, 2.45) is 0 Å². The maximum atomic E-state index is 13.2. The summed E-state index contributed by atoms with van der Waals surface area (Å²) in [4.78, 5) is 12.0. The second-order valence-electron chi connectivity index (χ2n) is 5.00. The predicted octanol–water partition coefficient (Wildman–Crippen LogP) is 3.78. The molecule has 0 aliphatic heterocycles. The van der Waals surface area contributed by atoms with E-state index in [9.17, 15) is 9.18 Å². The maximum Gasteiger partial charge on any atom is 0.255 e. The summed E-state index contributed by atoms with van der Waals surface area (Å²) in [6, 6.07) is 11.3. The summed E-state index contributed by atoms with van der Waals surface area (Å²) in [7, 11) is 0.